The maximum absolute atomic E-state index is 11.8. The van der Waals surface area contributed by atoms with Crippen molar-refractivity contribution in [1.82, 2.24) is 10.2 Å². The molecule has 0 spiro atoms. The number of carbonyl (C=O) groups is 1. The Morgan fingerprint density at radius 2 is 2.31 bits per heavy atom. The Bertz CT molecular complexity index is 150. The van der Waals surface area contributed by atoms with E-state index in [4.69, 9.17) is 0 Å². The van der Waals surface area contributed by atoms with Crippen LogP contribution in [0.25, 0.3) is 0 Å². The predicted molar refractivity (Wildman–Crippen MR) is 53.6 cm³/mol. The Balaban J connectivity index is 2.45. The fourth-order valence-corrected chi connectivity index (χ4v) is 1.87. The van der Waals surface area contributed by atoms with Gasteiger partial charge in [-0.25, -0.2) is 0 Å². The minimum absolute atomic E-state index is 0.0882. The van der Waals surface area contributed by atoms with Crippen LogP contribution < -0.4 is 5.32 Å². The topological polar surface area (TPSA) is 32.3 Å². The van der Waals surface area contributed by atoms with Crippen LogP contribution in [0.3, 0.4) is 0 Å². The Morgan fingerprint density at radius 3 is 2.92 bits per heavy atom. The van der Waals surface area contributed by atoms with Gasteiger partial charge in [0.1, 0.15) is 0 Å². The van der Waals surface area contributed by atoms with Crippen molar-refractivity contribution in [2.45, 2.75) is 39.2 Å². The van der Waals surface area contributed by atoms with E-state index in [2.05, 4.69) is 12.2 Å². The van der Waals surface area contributed by atoms with Crippen molar-refractivity contribution < 1.29 is 4.79 Å². The first-order valence-electron chi connectivity index (χ1n) is 5.31. The fourth-order valence-electron chi connectivity index (χ4n) is 1.87. The Morgan fingerprint density at radius 1 is 1.54 bits per heavy atom. The average molecular weight is 184 g/mol. The summed E-state index contributed by atoms with van der Waals surface area (Å²) in [4.78, 5) is 13.8. The SMILES string of the molecule is CCCN1CCCC(NCC)C1=O. The van der Waals surface area contributed by atoms with Gasteiger partial charge < -0.3 is 10.2 Å². The van der Waals surface area contributed by atoms with Crippen LogP contribution in [-0.4, -0.2) is 36.5 Å². The molecular formula is C10H20N2O. The smallest absolute Gasteiger partial charge is 0.239 e. The lowest BCUT2D eigenvalue weighted by Gasteiger charge is -2.32. The molecule has 3 heteroatoms. The van der Waals surface area contributed by atoms with E-state index in [9.17, 15) is 4.79 Å². The molecule has 13 heavy (non-hydrogen) atoms. The number of rotatable bonds is 4. The molecule has 0 aromatic rings. The molecule has 1 amide bonds. The Labute approximate surface area is 80.5 Å². The zero-order valence-electron chi connectivity index (χ0n) is 8.68. The number of hydrogen-bond acceptors (Lipinski definition) is 2. The zero-order valence-corrected chi connectivity index (χ0v) is 8.68. The number of carbonyl (C=O) groups excluding carboxylic acids is 1. The molecule has 1 rings (SSSR count). The van der Waals surface area contributed by atoms with Crippen LogP contribution in [0, 0.1) is 0 Å². The van der Waals surface area contributed by atoms with Gasteiger partial charge >= 0.3 is 0 Å². The summed E-state index contributed by atoms with van der Waals surface area (Å²) in [6.45, 7) is 6.92. The minimum atomic E-state index is 0.0882. The lowest BCUT2D eigenvalue weighted by atomic mass is 10.0. The molecule has 1 atom stereocenters. The third kappa shape index (κ3) is 2.69. The third-order valence-electron chi connectivity index (χ3n) is 2.47. The summed E-state index contributed by atoms with van der Waals surface area (Å²) in [5.41, 5.74) is 0. The molecule has 1 saturated heterocycles. The average Bonchev–Trinajstić information content (AvgIpc) is 2.13. The molecular weight excluding hydrogens is 164 g/mol. The highest BCUT2D eigenvalue weighted by molar-refractivity contribution is 5.82. The second-order valence-corrected chi connectivity index (χ2v) is 3.58. The summed E-state index contributed by atoms with van der Waals surface area (Å²) in [5.74, 6) is 0.301. The number of nitrogens with one attached hydrogen (secondary N) is 1. The largest absolute Gasteiger partial charge is 0.341 e. The molecule has 0 radical (unpaired) electrons. The molecule has 76 valence electrons. The van der Waals surface area contributed by atoms with Gasteiger partial charge in [-0.1, -0.05) is 13.8 Å². The van der Waals surface area contributed by atoms with Crippen molar-refractivity contribution in [2.24, 2.45) is 0 Å². The van der Waals surface area contributed by atoms with Gasteiger partial charge in [-0.3, -0.25) is 4.79 Å². The second-order valence-electron chi connectivity index (χ2n) is 3.58. The minimum Gasteiger partial charge on any atom is -0.341 e. The Kier molecular flexibility index (Phi) is 4.22. The number of hydrogen-bond donors (Lipinski definition) is 1. The number of likely N-dealkylation sites (tertiary alicyclic amines) is 1. The summed E-state index contributed by atoms with van der Waals surface area (Å²) < 4.78 is 0. The van der Waals surface area contributed by atoms with E-state index < -0.39 is 0 Å². The highest BCUT2D eigenvalue weighted by Gasteiger charge is 2.26. The van der Waals surface area contributed by atoms with Crippen molar-refractivity contribution in [3.05, 3.63) is 0 Å². The standard InChI is InChI=1S/C10H20N2O/c1-3-7-12-8-5-6-9(10(12)13)11-4-2/h9,11H,3-8H2,1-2H3. The van der Waals surface area contributed by atoms with Crippen molar-refractivity contribution in [1.29, 1.82) is 0 Å². The first-order valence-corrected chi connectivity index (χ1v) is 5.31. The summed E-state index contributed by atoms with van der Waals surface area (Å²) in [5, 5.41) is 3.23. The lowest BCUT2D eigenvalue weighted by molar-refractivity contribution is -0.135. The lowest BCUT2D eigenvalue weighted by Crippen LogP contribution is -2.50. The maximum atomic E-state index is 11.8. The van der Waals surface area contributed by atoms with Gasteiger partial charge in [0, 0.05) is 13.1 Å². The molecule has 0 aliphatic carbocycles. The number of amides is 1. The van der Waals surface area contributed by atoms with Crippen LogP contribution in [0.5, 0.6) is 0 Å². The molecule has 1 unspecified atom stereocenters. The van der Waals surface area contributed by atoms with Crippen LogP contribution in [0.15, 0.2) is 0 Å². The molecule has 0 aromatic carbocycles. The van der Waals surface area contributed by atoms with E-state index in [1.807, 2.05) is 11.8 Å². The zero-order chi connectivity index (χ0) is 9.68. The van der Waals surface area contributed by atoms with Crippen LogP contribution in [0.2, 0.25) is 0 Å². The molecule has 0 saturated carbocycles. The van der Waals surface area contributed by atoms with Crippen molar-refractivity contribution in [2.75, 3.05) is 19.6 Å². The van der Waals surface area contributed by atoms with E-state index in [0.29, 0.717) is 5.91 Å². The molecule has 1 fully saturated rings. The first kappa shape index (κ1) is 10.5. The van der Waals surface area contributed by atoms with Gasteiger partial charge in [0.25, 0.3) is 0 Å². The number of nitrogens with zero attached hydrogens (tertiary/aromatic N) is 1. The van der Waals surface area contributed by atoms with Gasteiger partial charge in [-0.05, 0) is 25.8 Å². The quantitative estimate of drug-likeness (QED) is 0.707. The van der Waals surface area contributed by atoms with Gasteiger partial charge in [-0.2, -0.15) is 0 Å². The van der Waals surface area contributed by atoms with Crippen LogP contribution in [0.1, 0.15) is 33.1 Å². The highest BCUT2D eigenvalue weighted by atomic mass is 16.2. The molecule has 1 heterocycles. The fraction of sp³-hybridized carbons (Fsp3) is 0.900. The highest BCUT2D eigenvalue weighted by Crippen LogP contribution is 2.11. The van der Waals surface area contributed by atoms with Crippen LogP contribution in [0.4, 0.5) is 0 Å². The second kappa shape index (κ2) is 5.22. The van der Waals surface area contributed by atoms with Crippen molar-refractivity contribution in [3.63, 3.8) is 0 Å². The van der Waals surface area contributed by atoms with E-state index in [1.54, 1.807) is 0 Å². The summed E-state index contributed by atoms with van der Waals surface area (Å²) >= 11 is 0. The van der Waals surface area contributed by atoms with Crippen LogP contribution in [-0.2, 0) is 4.79 Å². The Hall–Kier alpha value is -0.570. The van der Waals surface area contributed by atoms with E-state index in [1.165, 1.54) is 0 Å². The van der Waals surface area contributed by atoms with Crippen molar-refractivity contribution >= 4 is 5.91 Å². The van der Waals surface area contributed by atoms with Gasteiger partial charge in [0.15, 0.2) is 0 Å². The maximum Gasteiger partial charge on any atom is 0.239 e. The number of piperidine rings is 1. The number of likely N-dealkylation sites (N-methyl/N-ethyl adjacent to an activating group) is 1. The molecule has 1 aliphatic heterocycles. The molecule has 3 nitrogen and oxygen atoms in total. The monoisotopic (exact) mass is 184 g/mol. The van der Waals surface area contributed by atoms with E-state index in [-0.39, 0.29) is 6.04 Å². The third-order valence-corrected chi connectivity index (χ3v) is 2.47. The molecule has 1 aliphatic rings. The summed E-state index contributed by atoms with van der Waals surface area (Å²) in [7, 11) is 0. The first-order chi connectivity index (χ1) is 6.29. The van der Waals surface area contributed by atoms with Gasteiger partial charge in [-0.15, -0.1) is 0 Å². The van der Waals surface area contributed by atoms with Gasteiger partial charge in [0.2, 0.25) is 5.91 Å². The molecule has 1 N–H and O–H groups in total. The molecule has 0 bridgehead atoms. The summed E-state index contributed by atoms with van der Waals surface area (Å²) in [6, 6.07) is 0.0882. The van der Waals surface area contributed by atoms with E-state index in [0.717, 1.165) is 38.9 Å². The van der Waals surface area contributed by atoms with Crippen molar-refractivity contribution in [3.8, 4) is 0 Å². The molecule has 0 aromatic heterocycles. The normalized spacial score (nSPS) is 23.7. The van der Waals surface area contributed by atoms with Crippen LogP contribution >= 0.6 is 0 Å². The van der Waals surface area contributed by atoms with Gasteiger partial charge in [0.05, 0.1) is 6.04 Å². The van der Waals surface area contributed by atoms with E-state index >= 15 is 0 Å². The predicted octanol–water partition coefficient (Wildman–Crippen LogP) is 0.997. The summed E-state index contributed by atoms with van der Waals surface area (Å²) in [6.07, 6.45) is 3.21.